The standard InChI is InChI=1S/C10H17N3O/c1-4-14-6-10-12-5-9(7(2)11)8(3)13-10/h5,7H,4,6,11H2,1-3H3/t7-/m1/s1. The van der Waals surface area contributed by atoms with Gasteiger partial charge < -0.3 is 10.5 Å². The van der Waals surface area contributed by atoms with Crippen LogP contribution in [0.5, 0.6) is 0 Å². The van der Waals surface area contributed by atoms with Crippen LogP contribution in [0.25, 0.3) is 0 Å². The SMILES string of the molecule is CCOCc1ncc([C@@H](C)N)c(C)n1. The lowest BCUT2D eigenvalue weighted by Crippen LogP contribution is -2.10. The molecule has 0 unspecified atom stereocenters. The first-order chi connectivity index (χ1) is 6.65. The van der Waals surface area contributed by atoms with Gasteiger partial charge in [-0.1, -0.05) is 0 Å². The normalized spacial score (nSPS) is 12.9. The fourth-order valence-electron chi connectivity index (χ4n) is 1.23. The summed E-state index contributed by atoms with van der Waals surface area (Å²) in [6, 6.07) is -0.0175. The molecule has 1 rings (SSSR count). The van der Waals surface area contributed by atoms with Gasteiger partial charge in [0.15, 0.2) is 5.82 Å². The van der Waals surface area contributed by atoms with Crippen molar-refractivity contribution in [1.82, 2.24) is 9.97 Å². The fourth-order valence-corrected chi connectivity index (χ4v) is 1.23. The predicted octanol–water partition coefficient (Wildman–Crippen LogP) is 1.34. The minimum absolute atomic E-state index is 0.0175. The summed E-state index contributed by atoms with van der Waals surface area (Å²) in [5.41, 5.74) is 7.68. The quantitative estimate of drug-likeness (QED) is 0.787. The van der Waals surface area contributed by atoms with Gasteiger partial charge in [0.25, 0.3) is 0 Å². The Bertz CT molecular complexity index is 299. The van der Waals surface area contributed by atoms with Gasteiger partial charge in [-0.25, -0.2) is 9.97 Å². The van der Waals surface area contributed by atoms with E-state index in [1.165, 1.54) is 0 Å². The van der Waals surface area contributed by atoms with Gasteiger partial charge in [0.1, 0.15) is 6.61 Å². The Kier molecular flexibility index (Phi) is 3.98. The molecule has 4 heteroatoms. The van der Waals surface area contributed by atoms with Gasteiger partial charge in [-0.15, -0.1) is 0 Å². The van der Waals surface area contributed by atoms with E-state index < -0.39 is 0 Å². The van der Waals surface area contributed by atoms with E-state index in [4.69, 9.17) is 10.5 Å². The van der Waals surface area contributed by atoms with E-state index in [9.17, 15) is 0 Å². The Morgan fingerprint density at radius 1 is 1.57 bits per heavy atom. The molecule has 0 aliphatic heterocycles. The van der Waals surface area contributed by atoms with Crippen LogP contribution < -0.4 is 5.73 Å². The molecular weight excluding hydrogens is 178 g/mol. The first-order valence-corrected chi connectivity index (χ1v) is 4.81. The minimum Gasteiger partial charge on any atom is -0.374 e. The molecule has 0 amide bonds. The second-order valence-corrected chi connectivity index (χ2v) is 3.25. The van der Waals surface area contributed by atoms with E-state index in [0.29, 0.717) is 19.0 Å². The lowest BCUT2D eigenvalue weighted by molar-refractivity contribution is 0.128. The van der Waals surface area contributed by atoms with Crippen molar-refractivity contribution < 1.29 is 4.74 Å². The monoisotopic (exact) mass is 195 g/mol. The van der Waals surface area contributed by atoms with E-state index in [-0.39, 0.29) is 6.04 Å². The molecule has 0 spiro atoms. The summed E-state index contributed by atoms with van der Waals surface area (Å²) >= 11 is 0. The highest BCUT2D eigenvalue weighted by atomic mass is 16.5. The molecule has 1 aromatic heterocycles. The molecule has 0 saturated heterocycles. The van der Waals surface area contributed by atoms with Crippen molar-refractivity contribution >= 4 is 0 Å². The molecule has 78 valence electrons. The Hall–Kier alpha value is -1.00. The molecule has 1 heterocycles. The number of aryl methyl sites for hydroxylation is 1. The highest BCUT2D eigenvalue weighted by Gasteiger charge is 2.06. The van der Waals surface area contributed by atoms with Crippen LogP contribution in [0, 0.1) is 6.92 Å². The summed E-state index contributed by atoms with van der Waals surface area (Å²) in [7, 11) is 0. The summed E-state index contributed by atoms with van der Waals surface area (Å²) in [5.74, 6) is 0.716. The average Bonchev–Trinajstić information content (AvgIpc) is 2.14. The van der Waals surface area contributed by atoms with Crippen molar-refractivity contribution in [2.45, 2.75) is 33.4 Å². The van der Waals surface area contributed by atoms with Crippen molar-refractivity contribution in [3.8, 4) is 0 Å². The lowest BCUT2D eigenvalue weighted by atomic mass is 10.1. The molecule has 0 aliphatic rings. The van der Waals surface area contributed by atoms with Crippen LogP contribution in [-0.2, 0) is 11.3 Å². The second kappa shape index (κ2) is 5.02. The smallest absolute Gasteiger partial charge is 0.154 e. The van der Waals surface area contributed by atoms with Crippen molar-refractivity contribution in [3.63, 3.8) is 0 Å². The Morgan fingerprint density at radius 2 is 2.29 bits per heavy atom. The summed E-state index contributed by atoms with van der Waals surface area (Å²) in [6.45, 7) is 6.96. The summed E-state index contributed by atoms with van der Waals surface area (Å²) in [5, 5.41) is 0. The van der Waals surface area contributed by atoms with Crippen LogP contribution in [0.4, 0.5) is 0 Å². The number of ether oxygens (including phenoxy) is 1. The molecule has 1 atom stereocenters. The van der Waals surface area contributed by atoms with Gasteiger partial charge >= 0.3 is 0 Å². The summed E-state index contributed by atoms with van der Waals surface area (Å²) in [4.78, 5) is 8.50. The van der Waals surface area contributed by atoms with Crippen LogP contribution in [-0.4, -0.2) is 16.6 Å². The Balaban J connectivity index is 2.78. The molecule has 0 fully saturated rings. The minimum atomic E-state index is -0.0175. The lowest BCUT2D eigenvalue weighted by Gasteiger charge is -2.09. The molecule has 0 bridgehead atoms. The fraction of sp³-hybridized carbons (Fsp3) is 0.600. The molecule has 2 N–H and O–H groups in total. The molecule has 0 aromatic carbocycles. The Morgan fingerprint density at radius 3 is 2.79 bits per heavy atom. The molecule has 1 aromatic rings. The van der Waals surface area contributed by atoms with Crippen molar-refractivity contribution in [3.05, 3.63) is 23.3 Å². The number of hydrogen-bond donors (Lipinski definition) is 1. The van der Waals surface area contributed by atoms with E-state index >= 15 is 0 Å². The van der Waals surface area contributed by atoms with E-state index in [0.717, 1.165) is 11.3 Å². The van der Waals surface area contributed by atoms with Crippen LogP contribution >= 0.6 is 0 Å². The van der Waals surface area contributed by atoms with Gasteiger partial charge in [0.2, 0.25) is 0 Å². The summed E-state index contributed by atoms with van der Waals surface area (Å²) in [6.07, 6.45) is 1.78. The van der Waals surface area contributed by atoms with Crippen molar-refractivity contribution in [1.29, 1.82) is 0 Å². The van der Waals surface area contributed by atoms with E-state index in [1.54, 1.807) is 6.20 Å². The maximum absolute atomic E-state index is 5.75. The number of rotatable bonds is 4. The number of nitrogens with two attached hydrogens (primary N) is 1. The highest BCUT2D eigenvalue weighted by Crippen LogP contribution is 2.11. The molecule has 4 nitrogen and oxygen atoms in total. The maximum atomic E-state index is 5.75. The van der Waals surface area contributed by atoms with Crippen molar-refractivity contribution in [2.24, 2.45) is 5.73 Å². The van der Waals surface area contributed by atoms with Crippen LogP contribution in [0.2, 0.25) is 0 Å². The molecule has 14 heavy (non-hydrogen) atoms. The van der Waals surface area contributed by atoms with Gasteiger partial charge in [-0.2, -0.15) is 0 Å². The molecule has 0 saturated carbocycles. The van der Waals surface area contributed by atoms with Gasteiger partial charge in [0, 0.05) is 30.1 Å². The summed E-state index contributed by atoms with van der Waals surface area (Å²) < 4.78 is 5.22. The Labute approximate surface area is 84.5 Å². The molecule has 0 radical (unpaired) electrons. The van der Waals surface area contributed by atoms with Gasteiger partial charge in [-0.3, -0.25) is 0 Å². The second-order valence-electron chi connectivity index (χ2n) is 3.25. The third-order valence-corrected chi connectivity index (χ3v) is 1.99. The number of hydrogen-bond acceptors (Lipinski definition) is 4. The first-order valence-electron chi connectivity index (χ1n) is 4.81. The van der Waals surface area contributed by atoms with Gasteiger partial charge in [-0.05, 0) is 20.8 Å². The van der Waals surface area contributed by atoms with E-state index in [1.807, 2.05) is 20.8 Å². The van der Waals surface area contributed by atoms with Crippen molar-refractivity contribution in [2.75, 3.05) is 6.61 Å². The number of nitrogens with zero attached hydrogens (tertiary/aromatic N) is 2. The third-order valence-electron chi connectivity index (χ3n) is 1.99. The molecule has 0 aliphatic carbocycles. The highest BCUT2D eigenvalue weighted by molar-refractivity contribution is 5.19. The third kappa shape index (κ3) is 2.75. The van der Waals surface area contributed by atoms with Gasteiger partial charge in [0.05, 0.1) is 0 Å². The van der Waals surface area contributed by atoms with Crippen LogP contribution in [0.15, 0.2) is 6.20 Å². The number of aromatic nitrogens is 2. The van der Waals surface area contributed by atoms with Crippen LogP contribution in [0.3, 0.4) is 0 Å². The first kappa shape index (κ1) is 11.1. The zero-order valence-corrected chi connectivity index (χ0v) is 8.95. The van der Waals surface area contributed by atoms with E-state index in [2.05, 4.69) is 9.97 Å². The average molecular weight is 195 g/mol. The molecular formula is C10H17N3O. The predicted molar refractivity (Wildman–Crippen MR) is 54.7 cm³/mol. The maximum Gasteiger partial charge on any atom is 0.154 e. The zero-order chi connectivity index (χ0) is 10.6. The topological polar surface area (TPSA) is 61.0 Å². The van der Waals surface area contributed by atoms with Crippen LogP contribution in [0.1, 0.15) is 37.0 Å². The zero-order valence-electron chi connectivity index (χ0n) is 8.95. The largest absolute Gasteiger partial charge is 0.374 e.